The molecule has 0 spiro atoms. The van der Waals surface area contributed by atoms with Gasteiger partial charge >= 0.3 is 5.97 Å². The SMILES string of the molecule is CC(C)C1=C2[C@H]3CC[C@@H]4[C@@]5(C)CC[C@H](OC(=O)[C@H]6C[C@@H](OC=O)C6(C)C)C(C)(C)[C@@H]5CC[C@@]4(C)[C@]3(C)CC[C@@]2(NC(=O)C(C)(C)CC(=O)c2ccco2)CC1=O. The van der Waals surface area contributed by atoms with E-state index in [1.807, 2.05) is 27.7 Å². The summed E-state index contributed by atoms with van der Waals surface area (Å²) in [5.74, 6) is 0.597. The van der Waals surface area contributed by atoms with Crippen molar-refractivity contribution in [1.82, 2.24) is 5.32 Å². The van der Waals surface area contributed by atoms with Crippen molar-refractivity contribution in [2.45, 2.75) is 165 Å². The van der Waals surface area contributed by atoms with Gasteiger partial charge < -0.3 is 19.2 Å². The second kappa shape index (κ2) is 13.4. The van der Waals surface area contributed by atoms with Gasteiger partial charge in [0, 0.05) is 23.7 Å². The molecular weight excluding hydrogens is 707 g/mol. The van der Waals surface area contributed by atoms with Crippen molar-refractivity contribution in [2.24, 2.45) is 62.1 Å². The van der Waals surface area contributed by atoms with E-state index in [9.17, 15) is 24.0 Å². The maximum atomic E-state index is 14.3. The predicted octanol–water partition coefficient (Wildman–Crippen LogP) is 9.23. The van der Waals surface area contributed by atoms with Crippen molar-refractivity contribution in [1.29, 1.82) is 0 Å². The summed E-state index contributed by atoms with van der Waals surface area (Å²) in [7, 11) is 0. The molecule has 9 heteroatoms. The highest BCUT2D eigenvalue weighted by molar-refractivity contribution is 6.03. The highest BCUT2D eigenvalue weighted by Gasteiger charge is 2.70. The lowest BCUT2D eigenvalue weighted by molar-refractivity contribution is -0.236. The van der Waals surface area contributed by atoms with E-state index in [4.69, 9.17) is 13.9 Å². The molecule has 0 aliphatic heterocycles. The maximum Gasteiger partial charge on any atom is 0.310 e. The Bertz CT molecular complexity index is 1820. The first-order valence-corrected chi connectivity index (χ1v) is 21.5. The van der Waals surface area contributed by atoms with Crippen LogP contribution in [0, 0.1) is 62.1 Å². The summed E-state index contributed by atoms with van der Waals surface area (Å²) >= 11 is 0. The molecule has 5 saturated carbocycles. The first kappa shape index (κ1) is 40.9. The summed E-state index contributed by atoms with van der Waals surface area (Å²) in [5, 5.41) is 3.48. The van der Waals surface area contributed by atoms with Crippen molar-refractivity contribution in [3.8, 4) is 0 Å². The minimum atomic E-state index is -0.994. The molecule has 0 saturated heterocycles. The van der Waals surface area contributed by atoms with E-state index in [2.05, 4.69) is 53.8 Å². The molecule has 1 amide bonds. The van der Waals surface area contributed by atoms with Crippen LogP contribution in [0.3, 0.4) is 0 Å². The standard InChI is InChI=1S/C47H67NO8/c1-27(2)37-31(51)25-47(48-40(53)41(3,4)24-30(50)32-13-12-22-54-32)21-20-45(10)28(38(37)47)14-15-34-44(9)18-17-35(43(7,8)33(44)16-19-46(34,45)11)56-39(52)29-23-36(55-26-49)42(29,5)6/h12-13,22,26-29,33-36H,14-21,23-25H2,1-11H3,(H,48,53)/t28-,29-,33+,34-,35+,36-,44+,45-,46-,47-/m1/s1. The number of hydrogen-bond acceptors (Lipinski definition) is 8. The van der Waals surface area contributed by atoms with Gasteiger partial charge in [-0.15, -0.1) is 0 Å². The van der Waals surface area contributed by atoms with Gasteiger partial charge in [-0.05, 0) is 121 Å². The lowest BCUT2D eigenvalue weighted by Crippen LogP contribution is -2.67. The minimum Gasteiger partial charge on any atom is -0.464 e. The highest BCUT2D eigenvalue weighted by atomic mass is 16.6. The van der Waals surface area contributed by atoms with Crippen molar-refractivity contribution in [3.63, 3.8) is 0 Å². The Labute approximate surface area is 334 Å². The van der Waals surface area contributed by atoms with Gasteiger partial charge in [-0.2, -0.15) is 0 Å². The lowest BCUT2D eigenvalue weighted by atomic mass is 9.33. The van der Waals surface area contributed by atoms with Crippen molar-refractivity contribution in [3.05, 3.63) is 35.3 Å². The number of nitrogens with one attached hydrogen (secondary N) is 1. The fourth-order valence-corrected chi connectivity index (χ4v) is 14.1. The van der Waals surface area contributed by atoms with Crippen LogP contribution in [0.15, 0.2) is 34.0 Å². The van der Waals surface area contributed by atoms with E-state index in [-0.39, 0.29) is 93.7 Å². The normalized spacial score (nSPS) is 39.7. The van der Waals surface area contributed by atoms with Gasteiger partial charge in [-0.1, -0.05) is 76.2 Å². The number of carbonyl (C=O) groups excluding carboxylic acids is 5. The van der Waals surface area contributed by atoms with Crippen LogP contribution in [0.1, 0.15) is 157 Å². The smallest absolute Gasteiger partial charge is 0.310 e. The van der Waals surface area contributed by atoms with E-state index >= 15 is 0 Å². The van der Waals surface area contributed by atoms with E-state index in [1.54, 1.807) is 12.1 Å². The lowest BCUT2D eigenvalue weighted by Gasteiger charge is -2.72. The Balaban J connectivity index is 1.14. The Morgan fingerprint density at radius 2 is 1.62 bits per heavy atom. The summed E-state index contributed by atoms with van der Waals surface area (Å²) in [6.45, 7) is 24.5. The average Bonchev–Trinajstić information content (AvgIpc) is 3.74. The summed E-state index contributed by atoms with van der Waals surface area (Å²) in [6.07, 6.45) is 9.40. The van der Waals surface area contributed by atoms with Gasteiger partial charge in [-0.25, -0.2) is 0 Å². The van der Waals surface area contributed by atoms with Gasteiger partial charge in [0.25, 0.3) is 6.47 Å². The van der Waals surface area contributed by atoms with Crippen LogP contribution >= 0.6 is 0 Å². The first-order chi connectivity index (χ1) is 26.0. The van der Waals surface area contributed by atoms with Gasteiger partial charge in [0.05, 0.1) is 23.1 Å². The second-order valence-corrected chi connectivity index (χ2v) is 21.8. The van der Waals surface area contributed by atoms with Crippen LogP contribution in [-0.2, 0) is 28.7 Å². The molecule has 1 aromatic heterocycles. The number of esters is 1. The number of ketones is 2. The number of fused-ring (bicyclic) bond motifs is 7. The van der Waals surface area contributed by atoms with E-state index in [0.29, 0.717) is 31.1 Å². The highest BCUT2D eigenvalue weighted by Crippen LogP contribution is 2.76. The van der Waals surface area contributed by atoms with E-state index in [0.717, 1.165) is 50.5 Å². The number of Topliss-reactive ketones (excluding diaryl/α,β-unsaturated/α-hetero) is 2. The number of allylic oxidation sites excluding steroid dienone is 1. The Kier molecular flexibility index (Phi) is 9.80. The van der Waals surface area contributed by atoms with Crippen LogP contribution < -0.4 is 5.32 Å². The van der Waals surface area contributed by atoms with Crippen LogP contribution in [0.4, 0.5) is 0 Å². The Morgan fingerprint density at radius 3 is 2.25 bits per heavy atom. The number of hydrogen-bond donors (Lipinski definition) is 1. The fourth-order valence-electron chi connectivity index (χ4n) is 14.1. The number of ether oxygens (including phenoxy) is 2. The number of amides is 1. The summed E-state index contributed by atoms with van der Waals surface area (Å²) in [6, 6.07) is 3.31. The monoisotopic (exact) mass is 773 g/mol. The van der Waals surface area contributed by atoms with Crippen molar-refractivity contribution >= 4 is 29.9 Å². The van der Waals surface area contributed by atoms with Gasteiger partial charge in [-0.3, -0.25) is 24.0 Å². The van der Waals surface area contributed by atoms with Crippen LogP contribution in [0.25, 0.3) is 0 Å². The molecule has 1 aromatic rings. The van der Waals surface area contributed by atoms with Crippen LogP contribution in [0.2, 0.25) is 0 Å². The molecule has 308 valence electrons. The van der Waals surface area contributed by atoms with Crippen LogP contribution in [0.5, 0.6) is 0 Å². The average molecular weight is 774 g/mol. The minimum absolute atomic E-state index is 0.00986. The zero-order valence-electron chi connectivity index (χ0n) is 35.9. The molecule has 5 fully saturated rings. The molecule has 0 unspecified atom stereocenters. The van der Waals surface area contributed by atoms with Gasteiger partial charge in [0.1, 0.15) is 12.2 Å². The first-order valence-electron chi connectivity index (χ1n) is 21.5. The largest absolute Gasteiger partial charge is 0.464 e. The molecule has 7 rings (SSSR count). The molecule has 6 aliphatic rings. The molecule has 0 radical (unpaired) electrons. The van der Waals surface area contributed by atoms with Crippen LogP contribution in [-0.4, -0.2) is 47.7 Å². The third kappa shape index (κ3) is 5.84. The fraction of sp³-hybridized carbons (Fsp3) is 0.766. The maximum absolute atomic E-state index is 14.3. The topological polar surface area (TPSA) is 129 Å². The van der Waals surface area contributed by atoms with Gasteiger partial charge in [0.15, 0.2) is 17.3 Å². The Morgan fingerprint density at radius 1 is 0.911 bits per heavy atom. The van der Waals surface area contributed by atoms with E-state index < -0.39 is 16.4 Å². The third-order valence-electron chi connectivity index (χ3n) is 17.7. The molecule has 0 bridgehead atoms. The second-order valence-electron chi connectivity index (χ2n) is 21.8. The summed E-state index contributed by atoms with van der Waals surface area (Å²) in [4.78, 5) is 66.2. The van der Waals surface area contributed by atoms with Gasteiger partial charge in [0.2, 0.25) is 5.91 Å². The zero-order valence-corrected chi connectivity index (χ0v) is 35.9. The van der Waals surface area contributed by atoms with E-state index in [1.165, 1.54) is 11.8 Å². The Hall–Kier alpha value is -3.23. The number of rotatable bonds is 10. The zero-order chi connectivity index (χ0) is 41.0. The quantitative estimate of drug-likeness (QED) is 0.142. The number of carbonyl (C=O) groups is 5. The molecule has 6 aliphatic carbocycles. The van der Waals surface area contributed by atoms with Crippen molar-refractivity contribution in [2.75, 3.05) is 0 Å². The predicted molar refractivity (Wildman–Crippen MR) is 212 cm³/mol. The molecule has 1 heterocycles. The number of furan rings is 1. The molecule has 10 atom stereocenters. The molecular formula is C47H67NO8. The molecule has 0 aromatic carbocycles. The molecule has 56 heavy (non-hydrogen) atoms. The molecule has 9 nitrogen and oxygen atoms in total. The van der Waals surface area contributed by atoms with Crippen molar-refractivity contribution < 1.29 is 37.9 Å². The summed E-state index contributed by atoms with van der Waals surface area (Å²) in [5.41, 5.74) is -0.321. The molecule has 1 N–H and O–H groups in total. The third-order valence-corrected chi connectivity index (χ3v) is 17.7. The summed E-state index contributed by atoms with van der Waals surface area (Å²) < 4.78 is 17.1.